The van der Waals surface area contributed by atoms with Crippen molar-refractivity contribution in [2.75, 3.05) is 11.5 Å². The summed E-state index contributed by atoms with van der Waals surface area (Å²) in [5.41, 5.74) is -0.555. The van der Waals surface area contributed by atoms with Crippen LogP contribution in [-0.4, -0.2) is 17.8 Å². The Bertz CT molecular complexity index is 439. The van der Waals surface area contributed by atoms with Gasteiger partial charge in [-0.25, -0.2) is 0 Å². The first kappa shape index (κ1) is 14.4. The molecule has 1 aliphatic heterocycles. The van der Waals surface area contributed by atoms with Gasteiger partial charge in [-0.1, -0.05) is 18.2 Å². The van der Waals surface area contributed by atoms with Crippen molar-refractivity contribution < 1.29 is 18.0 Å². The van der Waals surface area contributed by atoms with Crippen LogP contribution in [0.15, 0.2) is 24.3 Å². The van der Waals surface area contributed by atoms with Crippen LogP contribution in [0.1, 0.15) is 29.9 Å². The number of rotatable bonds is 3. The van der Waals surface area contributed by atoms with Crippen LogP contribution in [0.2, 0.25) is 0 Å². The Kier molecular flexibility index (Phi) is 4.55. The molecule has 1 aliphatic rings. The Balaban J connectivity index is 2.35. The zero-order chi connectivity index (χ0) is 13.9. The van der Waals surface area contributed by atoms with Gasteiger partial charge < -0.3 is 4.79 Å². The number of carbonyl (C=O) groups excluding carboxylic acids is 1. The lowest BCUT2D eigenvalue weighted by Gasteiger charge is -2.28. The zero-order valence-electron chi connectivity index (χ0n) is 10.3. The first-order valence-corrected chi connectivity index (χ1v) is 7.38. The first-order chi connectivity index (χ1) is 9.04. The lowest BCUT2D eigenvalue weighted by Crippen LogP contribution is -2.23. The number of hydrogen-bond acceptors (Lipinski definition) is 2. The second-order valence-electron chi connectivity index (χ2n) is 4.72. The predicted molar refractivity (Wildman–Crippen MR) is 70.3 cm³/mol. The Morgan fingerprint density at radius 1 is 1.32 bits per heavy atom. The topological polar surface area (TPSA) is 17.1 Å². The molecule has 0 aromatic heterocycles. The SMILES string of the molecule is O=CC(c1ccccc1C(F)(F)F)C1CCCSC1. The second kappa shape index (κ2) is 5.99. The molecule has 2 rings (SSSR count). The lowest BCUT2D eigenvalue weighted by molar-refractivity contribution is -0.138. The lowest BCUT2D eigenvalue weighted by atomic mass is 9.83. The van der Waals surface area contributed by atoms with Crippen molar-refractivity contribution in [3.8, 4) is 0 Å². The van der Waals surface area contributed by atoms with Gasteiger partial charge in [-0.05, 0) is 41.9 Å². The molecule has 2 unspecified atom stereocenters. The molecule has 1 aromatic carbocycles. The van der Waals surface area contributed by atoms with Crippen LogP contribution in [0.5, 0.6) is 0 Å². The highest BCUT2D eigenvalue weighted by Crippen LogP contribution is 2.40. The number of benzene rings is 1. The summed E-state index contributed by atoms with van der Waals surface area (Å²) in [5.74, 6) is 1.16. The number of carbonyl (C=O) groups is 1. The summed E-state index contributed by atoms with van der Waals surface area (Å²) in [6.45, 7) is 0. The maximum Gasteiger partial charge on any atom is 0.416 e. The molecule has 5 heteroatoms. The highest BCUT2D eigenvalue weighted by Gasteiger charge is 2.37. The van der Waals surface area contributed by atoms with Crippen LogP contribution < -0.4 is 0 Å². The third-order valence-electron chi connectivity index (χ3n) is 3.48. The molecule has 1 heterocycles. The fraction of sp³-hybridized carbons (Fsp3) is 0.500. The standard InChI is InChI=1S/C14H15F3OS/c15-14(16,17)13-6-2-1-5-11(13)12(8-18)10-4-3-7-19-9-10/h1-2,5-6,8,10,12H,3-4,7,9H2. The average Bonchev–Trinajstić information content (AvgIpc) is 2.40. The van der Waals surface area contributed by atoms with Gasteiger partial charge in [0.2, 0.25) is 0 Å². The minimum atomic E-state index is -4.40. The Hall–Kier alpha value is -0.970. The van der Waals surface area contributed by atoms with E-state index in [0.29, 0.717) is 6.29 Å². The van der Waals surface area contributed by atoms with E-state index in [0.717, 1.165) is 30.4 Å². The molecule has 0 saturated carbocycles. The van der Waals surface area contributed by atoms with Crippen molar-refractivity contribution in [2.45, 2.75) is 24.9 Å². The molecular weight excluding hydrogens is 273 g/mol. The largest absolute Gasteiger partial charge is 0.416 e. The van der Waals surface area contributed by atoms with Crippen molar-refractivity contribution in [2.24, 2.45) is 5.92 Å². The quantitative estimate of drug-likeness (QED) is 0.778. The van der Waals surface area contributed by atoms with Crippen LogP contribution in [0, 0.1) is 5.92 Å². The van der Waals surface area contributed by atoms with Crippen LogP contribution in [0.3, 0.4) is 0 Å². The van der Waals surface area contributed by atoms with E-state index >= 15 is 0 Å². The molecule has 104 valence electrons. The van der Waals surface area contributed by atoms with E-state index in [1.165, 1.54) is 12.1 Å². The van der Waals surface area contributed by atoms with E-state index in [1.54, 1.807) is 17.8 Å². The van der Waals surface area contributed by atoms with E-state index in [9.17, 15) is 18.0 Å². The predicted octanol–water partition coefficient (Wildman–Crippen LogP) is 4.13. The van der Waals surface area contributed by atoms with Gasteiger partial charge in [0.05, 0.1) is 5.56 Å². The number of alkyl halides is 3. The zero-order valence-corrected chi connectivity index (χ0v) is 11.1. The van der Waals surface area contributed by atoms with Crippen molar-refractivity contribution in [1.29, 1.82) is 0 Å². The highest BCUT2D eigenvalue weighted by molar-refractivity contribution is 7.99. The van der Waals surface area contributed by atoms with Gasteiger partial charge in [0, 0.05) is 5.92 Å². The van der Waals surface area contributed by atoms with Gasteiger partial charge in [0.1, 0.15) is 6.29 Å². The van der Waals surface area contributed by atoms with Crippen LogP contribution >= 0.6 is 11.8 Å². The maximum atomic E-state index is 13.0. The number of thioether (sulfide) groups is 1. The normalized spacial score (nSPS) is 21.9. The van der Waals surface area contributed by atoms with Gasteiger partial charge in [-0.3, -0.25) is 0 Å². The Morgan fingerprint density at radius 2 is 2.05 bits per heavy atom. The fourth-order valence-corrected chi connectivity index (χ4v) is 3.75. The van der Waals surface area contributed by atoms with Crippen molar-refractivity contribution in [1.82, 2.24) is 0 Å². The van der Waals surface area contributed by atoms with Gasteiger partial charge in [0.15, 0.2) is 0 Å². The fourth-order valence-electron chi connectivity index (χ4n) is 2.53. The third kappa shape index (κ3) is 3.32. The van der Waals surface area contributed by atoms with Gasteiger partial charge in [-0.2, -0.15) is 24.9 Å². The minimum Gasteiger partial charge on any atom is -0.303 e. The monoisotopic (exact) mass is 288 g/mol. The Morgan fingerprint density at radius 3 is 2.63 bits per heavy atom. The maximum absolute atomic E-state index is 13.0. The summed E-state index contributed by atoms with van der Waals surface area (Å²) < 4.78 is 39.0. The smallest absolute Gasteiger partial charge is 0.303 e. The molecule has 0 spiro atoms. The van der Waals surface area contributed by atoms with E-state index in [2.05, 4.69) is 0 Å². The van der Waals surface area contributed by atoms with Crippen LogP contribution in [-0.2, 0) is 11.0 Å². The average molecular weight is 288 g/mol. The minimum absolute atomic E-state index is 0.0137. The molecule has 19 heavy (non-hydrogen) atoms. The molecule has 0 radical (unpaired) electrons. The summed E-state index contributed by atoms with van der Waals surface area (Å²) in [6, 6.07) is 5.42. The molecule has 1 nitrogen and oxygen atoms in total. The Labute approximate surface area is 114 Å². The summed E-state index contributed by atoms with van der Waals surface area (Å²) in [7, 11) is 0. The van der Waals surface area contributed by atoms with Crippen LogP contribution in [0.25, 0.3) is 0 Å². The summed E-state index contributed by atoms with van der Waals surface area (Å²) in [4.78, 5) is 11.3. The van der Waals surface area contributed by atoms with E-state index in [-0.39, 0.29) is 11.5 Å². The molecule has 0 amide bonds. The molecule has 1 fully saturated rings. The summed E-state index contributed by atoms with van der Waals surface area (Å²) >= 11 is 1.71. The number of aldehydes is 1. The molecule has 0 N–H and O–H groups in total. The molecule has 1 aromatic rings. The third-order valence-corrected chi connectivity index (χ3v) is 4.72. The van der Waals surface area contributed by atoms with Gasteiger partial charge in [-0.15, -0.1) is 0 Å². The second-order valence-corrected chi connectivity index (χ2v) is 5.87. The summed E-state index contributed by atoms with van der Waals surface area (Å²) in [6.07, 6.45) is -1.93. The van der Waals surface area contributed by atoms with E-state index in [4.69, 9.17) is 0 Å². The number of halogens is 3. The number of hydrogen-bond donors (Lipinski definition) is 0. The molecule has 1 saturated heterocycles. The highest BCUT2D eigenvalue weighted by atomic mass is 32.2. The van der Waals surface area contributed by atoms with Crippen LogP contribution in [0.4, 0.5) is 13.2 Å². The van der Waals surface area contributed by atoms with Gasteiger partial charge >= 0.3 is 6.18 Å². The first-order valence-electron chi connectivity index (χ1n) is 6.23. The van der Waals surface area contributed by atoms with Crippen molar-refractivity contribution in [3.05, 3.63) is 35.4 Å². The molecule has 2 atom stereocenters. The van der Waals surface area contributed by atoms with E-state index < -0.39 is 17.7 Å². The molecule has 0 aliphatic carbocycles. The van der Waals surface area contributed by atoms with Crippen molar-refractivity contribution >= 4 is 18.0 Å². The molecule has 0 bridgehead atoms. The van der Waals surface area contributed by atoms with E-state index in [1.807, 2.05) is 0 Å². The summed E-state index contributed by atoms with van der Waals surface area (Å²) in [5, 5.41) is 0. The van der Waals surface area contributed by atoms with Gasteiger partial charge in [0.25, 0.3) is 0 Å². The van der Waals surface area contributed by atoms with Crippen molar-refractivity contribution in [3.63, 3.8) is 0 Å². The molecular formula is C14H15F3OS.